The smallest absolute Gasteiger partial charge is 0.224 e. The van der Waals surface area contributed by atoms with E-state index in [0.717, 1.165) is 31.6 Å². The van der Waals surface area contributed by atoms with Gasteiger partial charge in [-0.05, 0) is 38.3 Å². The molecular formula is C20H24FN5O. The first-order valence-corrected chi connectivity index (χ1v) is 9.31. The van der Waals surface area contributed by atoms with E-state index in [9.17, 15) is 9.65 Å². The lowest BCUT2D eigenvalue weighted by Crippen LogP contribution is -2.29. The maximum atomic E-state index is 14.4. The minimum atomic E-state index is -0.614. The summed E-state index contributed by atoms with van der Waals surface area (Å²) in [5, 5.41) is 12.2. The van der Waals surface area contributed by atoms with Crippen molar-refractivity contribution in [3.8, 4) is 23.1 Å². The molecule has 1 aliphatic heterocycles. The quantitative estimate of drug-likeness (QED) is 0.830. The molecule has 2 heterocycles. The SMILES string of the molecule is CCOc1cc(-c2cc(N3CCCC3CC)nc(NC)n2)cc(F)c1C#N. The summed E-state index contributed by atoms with van der Waals surface area (Å²) < 4.78 is 19.9. The van der Waals surface area contributed by atoms with Crippen molar-refractivity contribution in [2.45, 2.75) is 39.2 Å². The summed E-state index contributed by atoms with van der Waals surface area (Å²) in [5.74, 6) is 0.925. The van der Waals surface area contributed by atoms with Crippen LogP contribution in [0.1, 0.15) is 38.7 Å². The van der Waals surface area contributed by atoms with E-state index in [1.54, 1.807) is 20.0 Å². The molecule has 2 aromatic rings. The molecule has 6 nitrogen and oxygen atoms in total. The third-order valence-corrected chi connectivity index (χ3v) is 4.84. The first kappa shape index (κ1) is 18.9. The van der Waals surface area contributed by atoms with Gasteiger partial charge in [-0.2, -0.15) is 10.2 Å². The zero-order valence-corrected chi connectivity index (χ0v) is 15.9. The number of anilines is 2. The fourth-order valence-electron chi connectivity index (χ4n) is 3.51. The van der Waals surface area contributed by atoms with Crippen LogP contribution in [-0.2, 0) is 0 Å². The van der Waals surface area contributed by atoms with Gasteiger partial charge in [0.1, 0.15) is 29.0 Å². The van der Waals surface area contributed by atoms with Crippen molar-refractivity contribution in [2.24, 2.45) is 0 Å². The van der Waals surface area contributed by atoms with E-state index < -0.39 is 5.82 Å². The maximum Gasteiger partial charge on any atom is 0.224 e. The van der Waals surface area contributed by atoms with Crippen molar-refractivity contribution in [1.29, 1.82) is 5.26 Å². The predicted octanol–water partition coefficient (Wildman–Crippen LogP) is 3.97. The van der Waals surface area contributed by atoms with E-state index in [2.05, 4.69) is 27.1 Å². The topological polar surface area (TPSA) is 74.1 Å². The number of aromatic nitrogens is 2. The first-order chi connectivity index (χ1) is 13.1. The van der Waals surface area contributed by atoms with Gasteiger partial charge in [0.2, 0.25) is 5.95 Å². The number of nitriles is 1. The number of benzene rings is 1. The number of hydrogen-bond donors (Lipinski definition) is 1. The fourth-order valence-corrected chi connectivity index (χ4v) is 3.51. The second kappa shape index (κ2) is 8.21. The Morgan fingerprint density at radius 2 is 2.15 bits per heavy atom. The third kappa shape index (κ3) is 3.80. The normalized spacial score (nSPS) is 16.3. The minimum Gasteiger partial charge on any atom is -0.492 e. The molecule has 7 heteroatoms. The van der Waals surface area contributed by atoms with Crippen molar-refractivity contribution in [3.63, 3.8) is 0 Å². The van der Waals surface area contributed by atoms with Crippen LogP contribution < -0.4 is 15.0 Å². The number of nitrogens with zero attached hydrogens (tertiary/aromatic N) is 4. The van der Waals surface area contributed by atoms with Crippen LogP contribution in [0.25, 0.3) is 11.3 Å². The molecule has 1 saturated heterocycles. The second-order valence-electron chi connectivity index (χ2n) is 6.46. The van der Waals surface area contributed by atoms with Gasteiger partial charge in [0.05, 0.1) is 12.3 Å². The highest BCUT2D eigenvalue weighted by atomic mass is 19.1. The molecule has 27 heavy (non-hydrogen) atoms. The molecule has 1 aliphatic rings. The maximum absolute atomic E-state index is 14.4. The number of ether oxygens (including phenoxy) is 1. The summed E-state index contributed by atoms with van der Waals surface area (Å²) in [7, 11) is 1.76. The Morgan fingerprint density at radius 3 is 2.81 bits per heavy atom. The minimum absolute atomic E-state index is 0.0886. The van der Waals surface area contributed by atoms with Gasteiger partial charge in [-0.3, -0.25) is 0 Å². The van der Waals surface area contributed by atoms with Gasteiger partial charge in [0.15, 0.2) is 0 Å². The Labute approximate surface area is 159 Å². The van der Waals surface area contributed by atoms with Gasteiger partial charge in [-0.1, -0.05) is 6.92 Å². The molecule has 1 atom stereocenters. The van der Waals surface area contributed by atoms with Crippen LogP contribution in [0.2, 0.25) is 0 Å². The van der Waals surface area contributed by atoms with E-state index in [1.807, 2.05) is 12.1 Å². The van der Waals surface area contributed by atoms with E-state index >= 15 is 0 Å². The molecule has 0 radical (unpaired) electrons. The van der Waals surface area contributed by atoms with Gasteiger partial charge in [-0.15, -0.1) is 0 Å². The van der Waals surface area contributed by atoms with Gasteiger partial charge in [0.25, 0.3) is 0 Å². The molecule has 0 amide bonds. The van der Waals surface area contributed by atoms with Crippen LogP contribution in [0.3, 0.4) is 0 Å². The van der Waals surface area contributed by atoms with Gasteiger partial charge in [-0.25, -0.2) is 9.37 Å². The molecular weight excluding hydrogens is 345 g/mol. The highest BCUT2D eigenvalue weighted by Gasteiger charge is 2.25. The van der Waals surface area contributed by atoms with Gasteiger partial charge < -0.3 is 15.0 Å². The van der Waals surface area contributed by atoms with E-state index in [0.29, 0.717) is 29.9 Å². The van der Waals surface area contributed by atoms with Crippen molar-refractivity contribution >= 4 is 11.8 Å². The summed E-state index contributed by atoms with van der Waals surface area (Å²) in [6.07, 6.45) is 3.33. The molecule has 1 fully saturated rings. The predicted molar refractivity (Wildman–Crippen MR) is 104 cm³/mol. The molecule has 0 saturated carbocycles. The fraction of sp³-hybridized carbons (Fsp3) is 0.450. The summed E-state index contributed by atoms with van der Waals surface area (Å²) in [4.78, 5) is 11.4. The largest absolute Gasteiger partial charge is 0.492 e. The summed E-state index contributed by atoms with van der Waals surface area (Å²) >= 11 is 0. The lowest BCUT2D eigenvalue weighted by molar-refractivity contribution is 0.337. The van der Waals surface area contributed by atoms with Crippen LogP contribution >= 0.6 is 0 Å². The molecule has 0 aliphatic carbocycles. The number of nitrogens with one attached hydrogen (secondary N) is 1. The molecule has 3 rings (SSSR count). The molecule has 0 bridgehead atoms. The Kier molecular flexibility index (Phi) is 5.75. The Bertz CT molecular complexity index is 864. The Morgan fingerprint density at radius 1 is 1.33 bits per heavy atom. The Hall–Kier alpha value is -2.88. The first-order valence-electron chi connectivity index (χ1n) is 9.31. The molecule has 1 aromatic carbocycles. The van der Waals surface area contributed by atoms with Crippen LogP contribution in [-0.4, -0.2) is 36.2 Å². The van der Waals surface area contributed by atoms with Crippen molar-refractivity contribution in [3.05, 3.63) is 29.6 Å². The summed E-state index contributed by atoms with van der Waals surface area (Å²) in [6.45, 7) is 5.27. The standard InChI is InChI=1S/C20H24FN5O/c1-4-14-7-6-8-26(14)19-11-17(24-20(23-3)25-19)13-9-16(21)15(12-22)18(10-13)27-5-2/h9-11,14H,4-8H2,1-3H3,(H,23,24,25). The lowest BCUT2D eigenvalue weighted by atomic mass is 10.1. The van der Waals surface area contributed by atoms with Crippen LogP contribution in [0.15, 0.2) is 18.2 Å². The molecule has 1 unspecified atom stereocenters. The number of hydrogen-bond acceptors (Lipinski definition) is 6. The summed E-state index contributed by atoms with van der Waals surface area (Å²) in [5.41, 5.74) is 1.06. The third-order valence-electron chi connectivity index (χ3n) is 4.84. The lowest BCUT2D eigenvalue weighted by Gasteiger charge is -2.25. The van der Waals surface area contributed by atoms with Crippen LogP contribution in [0.4, 0.5) is 16.2 Å². The zero-order valence-electron chi connectivity index (χ0n) is 15.9. The molecule has 142 valence electrons. The van der Waals surface area contributed by atoms with Crippen molar-refractivity contribution in [2.75, 3.05) is 30.4 Å². The van der Waals surface area contributed by atoms with Crippen LogP contribution in [0, 0.1) is 17.1 Å². The average Bonchev–Trinajstić information content (AvgIpc) is 3.16. The Balaban J connectivity index is 2.09. The average molecular weight is 369 g/mol. The summed E-state index contributed by atoms with van der Waals surface area (Å²) in [6, 6.07) is 7.19. The van der Waals surface area contributed by atoms with Crippen molar-refractivity contribution in [1.82, 2.24) is 9.97 Å². The molecule has 0 spiro atoms. The van der Waals surface area contributed by atoms with E-state index in [1.165, 1.54) is 6.07 Å². The number of halogens is 1. The van der Waals surface area contributed by atoms with E-state index in [-0.39, 0.29) is 11.3 Å². The second-order valence-corrected chi connectivity index (χ2v) is 6.46. The van der Waals surface area contributed by atoms with Crippen LogP contribution in [0.5, 0.6) is 5.75 Å². The van der Waals surface area contributed by atoms with Gasteiger partial charge in [0, 0.05) is 31.3 Å². The van der Waals surface area contributed by atoms with Gasteiger partial charge >= 0.3 is 0 Å². The van der Waals surface area contributed by atoms with Crippen molar-refractivity contribution < 1.29 is 9.13 Å². The zero-order chi connectivity index (χ0) is 19.4. The number of rotatable bonds is 6. The molecule has 1 aromatic heterocycles. The molecule has 1 N–H and O–H groups in total. The highest BCUT2D eigenvalue weighted by Crippen LogP contribution is 2.33. The monoisotopic (exact) mass is 369 g/mol. The highest BCUT2D eigenvalue weighted by molar-refractivity contribution is 5.68. The van der Waals surface area contributed by atoms with E-state index in [4.69, 9.17) is 4.74 Å².